The van der Waals surface area contributed by atoms with Crippen molar-refractivity contribution >= 4 is 22.9 Å². The van der Waals surface area contributed by atoms with Gasteiger partial charge in [0.2, 0.25) is 0 Å². The number of hydrogen-bond donors (Lipinski definition) is 0. The topological polar surface area (TPSA) is 0 Å². The Morgan fingerprint density at radius 2 is 0.804 bits per heavy atom. The summed E-state index contributed by atoms with van der Waals surface area (Å²) in [4.78, 5) is 1.37. The highest BCUT2D eigenvalue weighted by Crippen LogP contribution is 2.58. The lowest BCUT2D eigenvalue weighted by Gasteiger charge is -2.30. The molecule has 0 radical (unpaired) electrons. The minimum atomic E-state index is 0.189. The molecule has 8 aromatic carbocycles. The smallest absolute Gasteiger partial charge is 0.0460 e. The first-order chi connectivity index (χ1) is 27.7. The van der Waals surface area contributed by atoms with E-state index in [-0.39, 0.29) is 11.2 Å². The molecule has 0 fully saturated rings. The van der Waals surface area contributed by atoms with E-state index in [0.29, 0.717) is 0 Å². The van der Waals surface area contributed by atoms with Crippen molar-refractivity contribution < 1.29 is 0 Å². The second-order valence-electron chi connectivity index (χ2n) is 14.9. The van der Waals surface area contributed by atoms with Gasteiger partial charge in [-0.3, -0.25) is 0 Å². The molecule has 2 unspecified atom stereocenters. The SMILES string of the molecule is Cc1cccc(-c2ccc3c(c2)C2C(c4cccc(-c5cccc(-c6ccccc6)c5)c4)=CC=C(c4ccccc4-c4cccc(-c5ccccc5)c4)C2S3)c1. The normalized spacial score (nSPS) is 15.7. The van der Waals surface area contributed by atoms with E-state index in [4.69, 9.17) is 0 Å². The molecular weight excluding hydrogens is 693 g/mol. The van der Waals surface area contributed by atoms with Gasteiger partial charge in [0.05, 0.1) is 0 Å². The van der Waals surface area contributed by atoms with Crippen LogP contribution >= 0.6 is 11.8 Å². The van der Waals surface area contributed by atoms with Gasteiger partial charge in [-0.05, 0) is 121 Å². The number of fused-ring (bicyclic) bond motifs is 3. The first-order valence-corrected chi connectivity index (χ1v) is 20.4. The van der Waals surface area contributed by atoms with Crippen LogP contribution < -0.4 is 0 Å². The first kappa shape index (κ1) is 34.1. The molecule has 56 heavy (non-hydrogen) atoms. The number of rotatable bonds is 7. The van der Waals surface area contributed by atoms with Crippen LogP contribution in [0.15, 0.2) is 217 Å². The van der Waals surface area contributed by atoms with E-state index >= 15 is 0 Å². The van der Waals surface area contributed by atoms with Crippen LogP contribution in [0.3, 0.4) is 0 Å². The van der Waals surface area contributed by atoms with Crippen molar-refractivity contribution in [3.63, 3.8) is 0 Å². The molecule has 0 aromatic heterocycles. The molecule has 266 valence electrons. The Balaban J connectivity index is 1.10. The molecule has 10 rings (SSSR count). The molecule has 8 aromatic rings. The van der Waals surface area contributed by atoms with Crippen molar-refractivity contribution in [2.75, 3.05) is 0 Å². The van der Waals surface area contributed by atoms with Crippen LogP contribution in [0, 0.1) is 6.92 Å². The van der Waals surface area contributed by atoms with E-state index in [1.807, 2.05) is 11.8 Å². The maximum atomic E-state index is 2.47. The third-order valence-electron chi connectivity index (χ3n) is 11.4. The van der Waals surface area contributed by atoms with Crippen molar-refractivity contribution in [3.8, 4) is 55.6 Å². The highest BCUT2D eigenvalue weighted by atomic mass is 32.2. The van der Waals surface area contributed by atoms with E-state index in [9.17, 15) is 0 Å². The zero-order valence-electron chi connectivity index (χ0n) is 31.3. The Morgan fingerprint density at radius 1 is 0.339 bits per heavy atom. The van der Waals surface area contributed by atoms with Gasteiger partial charge in [0, 0.05) is 16.1 Å². The summed E-state index contributed by atoms with van der Waals surface area (Å²) in [7, 11) is 0. The van der Waals surface area contributed by atoms with Crippen LogP contribution in [0.5, 0.6) is 0 Å². The van der Waals surface area contributed by atoms with E-state index in [1.165, 1.54) is 93.9 Å². The Labute approximate surface area is 334 Å². The number of allylic oxidation sites excluding steroid dienone is 3. The van der Waals surface area contributed by atoms with Crippen molar-refractivity contribution in [1.82, 2.24) is 0 Å². The molecule has 1 aliphatic carbocycles. The number of benzene rings is 8. The van der Waals surface area contributed by atoms with Gasteiger partial charge in [-0.15, -0.1) is 11.8 Å². The molecule has 1 heteroatoms. The third kappa shape index (κ3) is 6.45. The number of thioether (sulfide) groups is 1. The molecule has 2 atom stereocenters. The molecule has 0 spiro atoms. The average Bonchev–Trinajstić information content (AvgIpc) is 3.66. The molecule has 0 bridgehead atoms. The molecule has 0 N–H and O–H groups in total. The van der Waals surface area contributed by atoms with Crippen molar-refractivity contribution in [2.45, 2.75) is 23.0 Å². The minimum absolute atomic E-state index is 0.189. The Morgan fingerprint density at radius 3 is 1.46 bits per heavy atom. The summed E-state index contributed by atoms with van der Waals surface area (Å²) in [6, 6.07) is 73.6. The van der Waals surface area contributed by atoms with E-state index in [2.05, 4.69) is 219 Å². The summed E-state index contributed by atoms with van der Waals surface area (Å²) in [6.45, 7) is 2.18. The standard InChI is InChI=1S/C55H40S/c1-37-14-10-19-40(32-37)45-28-31-53-52(36-45)54-49(47-25-13-23-44(35-47)43-22-11-20-41(33-43)38-15-4-2-5-16-38)29-30-51(55(54)56-53)50-27-9-8-26-48(50)46-24-12-21-42(34-46)39-17-6-3-7-18-39/h2-36,54-55H,1H3. The van der Waals surface area contributed by atoms with Gasteiger partial charge in [-0.2, -0.15) is 0 Å². The summed E-state index contributed by atoms with van der Waals surface area (Å²) in [5.41, 5.74) is 20.5. The summed E-state index contributed by atoms with van der Waals surface area (Å²) < 4.78 is 0. The summed E-state index contributed by atoms with van der Waals surface area (Å²) in [5.74, 6) is 0.189. The molecule has 1 heterocycles. The van der Waals surface area contributed by atoms with Crippen molar-refractivity contribution in [2.24, 2.45) is 0 Å². The lowest BCUT2D eigenvalue weighted by molar-refractivity contribution is 0.914. The van der Waals surface area contributed by atoms with Crippen molar-refractivity contribution in [3.05, 3.63) is 235 Å². The zero-order valence-corrected chi connectivity index (χ0v) is 32.1. The second kappa shape index (κ2) is 14.7. The van der Waals surface area contributed by atoms with Crippen LogP contribution in [0.2, 0.25) is 0 Å². The first-order valence-electron chi connectivity index (χ1n) is 19.5. The summed E-state index contributed by atoms with van der Waals surface area (Å²) in [6.07, 6.45) is 4.83. The Kier molecular flexibility index (Phi) is 8.94. The van der Waals surface area contributed by atoms with Crippen molar-refractivity contribution in [1.29, 1.82) is 0 Å². The number of hydrogen-bond acceptors (Lipinski definition) is 1. The van der Waals surface area contributed by atoms with Gasteiger partial charge < -0.3 is 0 Å². The largest absolute Gasteiger partial charge is 0.117 e. The zero-order chi connectivity index (χ0) is 37.4. The third-order valence-corrected chi connectivity index (χ3v) is 12.8. The summed E-state index contributed by atoms with van der Waals surface area (Å²) in [5, 5.41) is 0.223. The maximum absolute atomic E-state index is 2.47. The highest BCUT2D eigenvalue weighted by molar-refractivity contribution is 8.00. The van der Waals surface area contributed by atoms with E-state index < -0.39 is 0 Å². The predicted octanol–water partition coefficient (Wildman–Crippen LogP) is 15.1. The van der Waals surface area contributed by atoms with Gasteiger partial charge in [0.25, 0.3) is 0 Å². The van der Waals surface area contributed by atoms with Crippen LogP contribution in [0.25, 0.3) is 66.8 Å². The fourth-order valence-electron chi connectivity index (χ4n) is 8.61. The van der Waals surface area contributed by atoms with Gasteiger partial charge >= 0.3 is 0 Å². The van der Waals surface area contributed by atoms with Crippen LogP contribution in [0.1, 0.15) is 28.2 Å². The minimum Gasteiger partial charge on any atom is -0.117 e. The van der Waals surface area contributed by atoms with Gasteiger partial charge in [0.15, 0.2) is 0 Å². The maximum Gasteiger partial charge on any atom is 0.0460 e. The Hall–Kier alpha value is -6.41. The number of aryl methyl sites for hydroxylation is 1. The molecule has 0 saturated carbocycles. The quantitative estimate of drug-likeness (QED) is 0.157. The van der Waals surface area contributed by atoms with E-state index in [1.54, 1.807) is 0 Å². The van der Waals surface area contributed by atoms with Crippen LogP contribution in [0.4, 0.5) is 0 Å². The highest BCUT2D eigenvalue weighted by Gasteiger charge is 2.41. The van der Waals surface area contributed by atoms with Gasteiger partial charge in [-0.1, -0.05) is 188 Å². The van der Waals surface area contributed by atoms with Gasteiger partial charge in [0.1, 0.15) is 0 Å². The van der Waals surface area contributed by atoms with Crippen LogP contribution in [-0.2, 0) is 0 Å². The molecule has 0 amide bonds. The fourth-order valence-corrected chi connectivity index (χ4v) is 10.1. The average molecular weight is 733 g/mol. The molecule has 2 aliphatic rings. The molecule has 1 aliphatic heterocycles. The lowest BCUT2D eigenvalue weighted by Crippen LogP contribution is -2.18. The van der Waals surface area contributed by atoms with Gasteiger partial charge in [-0.25, -0.2) is 0 Å². The lowest BCUT2D eigenvalue weighted by atomic mass is 9.76. The summed E-state index contributed by atoms with van der Waals surface area (Å²) >= 11 is 2.02. The Bertz CT molecular complexity index is 2790. The molecular formula is C55H40S. The monoisotopic (exact) mass is 732 g/mol. The molecule has 0 saturated heterocycles. The van der Waals surface area contributed by atoms with E-state index in [0.717, 1.165) is 0 Å². The molecule has 0 nitrogen and oxygen atoms in total. The fraction of sp³-hybridized carbons (Fsp3) is 0.0545. The van der Waals surface area contributed by atoms with Crippen LogP contribution in [-0.4, -0.2) is 5.25 Å². The second-order valence-corrected chi connectivity index (χ2v) is 16.1. The predicted molar refractivity (Wildman–Crippen MR) is 240 cm³/mol.